The van der Waals surface area contributed by atoms with Gasteiger partial charge in [0, 0.05) is 11.1 Å². The summed E-state index contributed by atoms with van der Waals surface area (Å²) in [6, 6.07) is 4.80. The molecule has 0 aliphatic heterocycles. The van der Waals surface area contributed by atoms with Gasteiger partial charge in [0.15, 0.2) is 0 Å². The van der Waals surface area contributed by atoms with E-state index in [0.717, 1.165) is 0 Å². The van der Waals surface area contributed by atoms with Crippen LogP contribution in [0.2, 0.25) is 0 Å². The van der Waals surface area contributed by atoms with Crippen LogP contribution < -0.4 is 11.1 Å². The number of rotatable bonds is 6. The highest BCUT2D eigenvalue weighted by atomic mass is 16.4. The minimum atomic E-state index is -1.07. The van der Waals surface area contributed by atoms with E-state index in [4.69, 9.17) is 10.8 Å². The Balaban J connectivity index is 2.76. The monoisotopic (exact) mass is 264 g/mol. The van der Waals surface area contributed by atoms with Crippen LogP contribution in [0.25, 0.3) is 0 Å². The maximum absolute atomic E-state index is 11.8. The predicted molar refractivity (Wildman–Crippen MR) is 68.8 cm³/mol. The number of carboxylic acids is 1. The molecule has 0 radical (unpaired) electrons. The van der Waals surface area contributed by atoms with Crippen molar-refractivity contribution in [1.29, 1.82) is 0 Å². The molecule has 1 aromatic carbocycles. The fourth-order valence-corrected chi connectivity index (χ4v) is 1.57. The van der Waals surface area contributed by atoms with Crippen LogP contribution in [0.3, 0.4) is 0 Å². The van der Waals surface area contributed by atoms with Crippen LogP contribution in [0.5, 0.6) is 0 Å². The van der Waals surface area contributed by atoms with Crippen LogP contribution in [-0.4, -0.2) is 28.9 Å². The van der Waals surface area contributed by atoms with Crippen LogP contribution in [0.15, 0.2) is 24.3 Å². The molecule has 0 aliphatic carbocycles. The zero-order chi connectivity index (χ0) is 14.4. The van der Waals surface area contributed by atoms with Gasteiger partial charge in [-0.2, -0.15) is 0 Å². The van der Waals surface area contributed by atoms with Crippen molar-refractivity contribution in [2.24, 2.45) is 5.73 Å². The molecule has 19 heavy (non-hydrogen) atoms. The number of amides is 2. The number of nitrogens with two attached hydrogens (primary N) is 1. The SMILES string of the molecule is CCC[C@@H](NC(=O)c1ccc(C(N)=O)cc1)C(=O)O. The smallest absolute Gasteiger partial charge is 0.326 e. The first-order chi connectivity index (χ1) is 8.95. The van der Waals surface area contributed by atoms with Crippen LogP contribution in [-0.2, 0) is 4.79 Å². The molecule has 0 fully saturated rings. The topological polar surface area (TPSA) is 109 Å². The zero-order valence-electron chi connectivity index (χ0n) is 10.6. The Morgan fingerprint density at radius 2 is 1.74 bits per heavy atom. The molecular formula is C13H16N2O4. The van der Waals surface area contributed by atoms with E-state index in [9.17, 15) is 14.4 Å². The van der Waals surface area contributed by atoms with E-state index in [0.29, 0.717) is 18.4 Å². The summed E-state index contributed by atoms with van der Waals surface area (Å²) < 4.78 is 0. The molecule has 0 heterocycles. The van der Waals surface area contributed by atoms with Gasteiger partial charge in [-0.3, -0.25) is 9.59 Å². The Morgan fingerprint density at radius 1 is 1.21 bits per heavy atom. The Bertz CT molecular complexity index is 482. The molecule has 0 aliphatic rings. The highest BCUT2D eigenvalue weighted by Crippen LogP contribution is 2.05. The number of carboxylic acid groups (broad SMARTS) is 1. The van der Waals surface area contributed by atoms with Crippen molar-refractivity contribution < 1.29 is 19.5 Å². The molecule has 4 N–H and O–H groups in total. The second kappa shape index (κ2) is 6.53. The van der Waals surface area contributed by atoms with Gasteiger partial charge in [-0.1, -0.05) is 13.3 Å². The quantitative estimate of drug-likeness (QED) is 0.704. The van der Waals surface area contributed by atoms with Crippen molar-refractivity contribution in [2.45, 2.75) is 25.8 Å². The first-order valence-corrected chi connectivity index (χ1v) is 5.89. The summed E-state index contributed by atoms with van der Waals surface area (Å²) >= 11 is 0. The molecular weight excluding hydrogens is 248 g/mol. The number of aliphatic carboxylic acids is 1. The van der Waals surface area contributed by atoms with E-state index in [1.54, 1.807) is 0 Å². The average Bonchev–Trinajstić information content (AvgIpc) is 2.38. The van der Waals surface area contributed by atoms with Crippen molar-refractivity contribution in [3.05, 3.63) is 35.4 Å². The summed E-state index contributed by atoms with van der Waals surface area (Å²) in [7, 11) is 0. The largest absolute Gasteiger partial charge is 0.480 e. The Kier molecular flexibility index (Phi) is 5.05. The molecule has 1 rings (SSSR count). The second-order valence-electron chi connectivity index (χ2n) is 4.09. The van der Waals surface area contributed by atoms with Crippen LogP contribution >= 0.6 is 0 Å². The number of hydrogen-bond donors (Lipinski definition) is 3. The van der Waals surface area contributed by atoms with Gasteiger partial charge >= 0.3 is 5.97 Å². The third kappa shape index (κ3) is 4.09. The highest BCUT2D eigenvalue weighted by Gasteiger charge is 2.19. The van der Waals surface area contributed by atoms with E-state index in [-0.39, 0.29) is 5.56 Å². The summed E-state index contributed by atoms with van der Waals surface area (Å²) in [5.41, 5.74) is 5.66. The normalized spacial score (nSPS) is 11.6. The fraction of sp³-hybridized carbons (Fsp3) is 0.308. The molecule has 6 heteroatoms. The molecule has 0 unspecified atom stereocenters. The molecule has 0 bridgehead atoms. The van der Waals surface area contributed by atoms with E-state index < -0.39 is 23.8 Å². The van der Waals surface area contributed by atoms with Gasteiger partial charge in [0.25, 0.3) is 5.91 Å². The number of benzene rings is 1. The van der Waals surface area contributed by atoms with Crippen molar-refractivity contribution in [1.82, 2.24) is 5.32 Å². The van der Waals surface area contributed by atoms with Gasteiger partial charge in [0.2, 0.25) is 5.91 Å². The number of hydrogen-bond acceptors (Lipinski definition) is 3. The predicted octanol–water partition coefficient (Wildman–Crippen LogP) is 0.769. The maximum atomic E-state index is 11.8. The molecule has 6 nitrogen and oxygen atoms in total. The molecule has 0 saturated carbocycles. The van der Waals surface area contributed by atoms with Crippen molar-refractivity contribution in [2.75, 3.05) is 0 Å². The van der Waals surface area contributed by atoms with E-state index in [2.05, 4.69) is 5.32 Å². The number of nitrogens with one attached hydrogen (secondary N) is 1. The first kappa shape index (κ1) is 14.7. The molecule has 102 valence electrons. The molecule has 0 aromatic heterocycles. The Hall–Kier alpha value is -2.37. The second-order valence-corrected chi connectivity index (χ2v) is 4.09. The van der Waals surface area contributed by atoms with E-state index >= 15 is 0 Å². The number of carbonyl (C=O) groups excluding carboxylic acids is 2. The lowest BCUT2D eigenvalue weighted by Crippen LogP contribution is -2.40. The third-order valence-corrected chi connectivity index (χ3v) is 2.61. The minimum Gasteiger partial charge on any atom is -0.480 e. The fourth-order valence-electron chi connectivity index (χ4n) is 1.57. The summed E-state index contributed by atoms with van der Waals surface area (Å²) in [5.74, 6) is -2.14. The van der Waals surface area contributed by atoms with Gasteiger partial charge in [0.1, 0.15) is 6.04 Å². The van der Waals surface area contributed by atoms with Crippen LogP contribution in [0.4, 0.5) is 0 Å². The lowest BCUT2D eigenvalue weighted by Gasteiger charge is -2.13. The van der Waals surface area contributed by atoms with Gasteiger partial charge in [-0.15, -0.1) is 0 Å². The molecule has 2 amide bonds. The summed E-state index contributed by atoms with van der Waals surface area (Å²) in [5, 5.41) is 11.4. The van der Waals surface area contributed by atoms with E-state index in [1.165, 1.54) is 24.3 Å². The molecule has 0 saturated heterocycles. The zero-order valence-corrected chi connectivity index (χ0v) is 10.6. The Labute approximate surface area is 110 Å². The summed E-state index contributed by atoms with van der Waals surface area (Å²) in [6.45, 7) is 1.84. The first-order valence-electron chi connectivity index (χ1n) is 5.89. The lowest BCUT2D eigenvalue weighted by molar-refractivity contribution is -0.139. The third-order valence-electron chi connectivity index (χ3n) is 2.61. The van der Waals surface area contributed by atoms with Crippen LogP contribution in [0, 0.1) is 0 Å². The van der Waals surface area contributed by atoms with Crippen LogP contribution in [0.1, 0.15) is 40.5 Å². The van der Waals surface area contributed by atoms with Gasteiger partial charge in [0.05, 0.1) is 0 Å². The van der Waals surface area contributed by atoms with Gasteiger partial charge in [-0.25, -0.2) is 4.79 Å². The van der Waals surface area contributed by atoms with E-state index in [1.807, 2.05) is 6.92 Å². The van der Waals surface area contributed by atoms with Gasteiger partial charge in [-0.05, 0) is 30.7 Å². The highest BCUT2D eigenvalue weighted by molar-refractivity contribution is 5.98. The summed E-state index contributed by atoms with van der Waals surface area (Å²) in [6.07, 6.45) is 1.01. The summed E-state index contributed by atoms with van der Waals surface area (Å²) in [4.78, 5) is 33.6. The lowest BCUT2D eigenvalue weighted by atomic mass is 10.1. The number of primary amides is 1. The minimum absolute atomic E-state index is 0.285. The average molecular weight is 264 g/mol. The van der Waals surface area contributed by atoms with Crippen molar-refractivity contribution in [3.8, 4) is 0 Å². The maximum Gasteiger partial charge on any atom is 0.326 e. The molecule has 1 atom stereocenters. The van der Waals surface area contributed by atoms with Crippen molar-refractivity contribution >= 4 is 17.8 Å². The Morgan fingerprint density at radius 3 is 2.16 bits per heavy atom. The van der Waals surface area contributed by atoms with Gasteiger partial charge < -0.3 is 16.2 Å². The number of carbonyl (C=O) groups is 3. The molecule has 1 aromatic rings. The van der Waals surface area contributed by atoms with Crippen molar-refractivity contribution in [3.63, 3.8) is 0 Å². The standard InChI is InChI=1S/C13H16N2O4/c1-2-3-10(13(18)19)15-12(17)9-6-4-8(5-7-9)11(14)16/h4-7,10H,2-3H2,1H3,(H2,14,16)(H,15,17)(H,18,19)/t10-/m1/s1. The molecule has 0 spiro atoms.